The summed E-state index contributed by atoms with van der Waals surface area (Å²) < 4.78 is 39.1. The highest BCUT2D eigenvalue weighted by atomic mass is 19.4. The van der Waals surface area contributed by atoms with Crippen LogP contribution in [-0.2, 0) is 15.8 Å². The largest absolute Gasteiger partial charge is 0.416 e. The number of amides is 2. The number of anilines is 1. The number of halogens is 3. The first-order valence-electron chi connectivity index (χ1n) is 7.83. The fourth-order valence-electron chi connectivity index (χ4n) is 2.52. The van der Waals surface area contributed by atoms with Crippen molar-refractivity contribution in [2.45, 2.75) is 6.18 Å². The van der Waals surface area contributed by atoms with Gasteiger partial charge in [0.1, 0.15) is 0 Å². The number of piperazine rings is 1. The molecule has 2 aromatic rings. The van der Waals surface area contributed by atoms with Crippen molar-refractivity contribution < 1.29 is 22.8 Å². The SMILES string of the molecule is O=C(CN1CCNCC1=O)Nc1cnn(-c2ccc(C(F)(F)F)cc2)c1. The molecule has 3 rings (SSSR count). The minimum Gasteiger partial charge on any atom is -0.331 e. The topological polar surface area (TPSA) is 79.3 Å². The third-order valence-corrected chi connectivity index (χ3v) is 3.85. The molecule has 1 aromatic carbocycles. The summed E-state index contributed by atoms with van der Waals surface area (Å²) >= 11 is 0. The number of carbonyl (C=O) groups excluding carboxylic acids is 2. The minimum atomic E-state index is -4.40. The van der Waals surface area contributed by atoms with E-state index in [1.54, 1.807) is 0 Å². The van der Waals surface area contributed by atoms with Gasteiger partial charge in [-0.05, 0) is 24.3 Å². The van der Waals surface area contributed by atoms with E-state index in [9.17, 15) is 22.8 Å². The number of alkyl halides is 3. The molecule has 0 aliphatic carbocycles. The average molecular weight is 367 g/mol. The maximum absolute atomic E-state index is 12.6. The van der Waals surface area contributed by atoms with E-state index < -0.39 is 11.7 Å². The summed E-state index contributed by atoms with van der Waals surface area (Å²) in [5, 5.41) is 9.56. The van der Waals surface area contributed by atoms with Gasteiger partial charge in [0.15, 0.2) is 0 Å². The van der Waals surface area contributed by atoms with Crippen LogP contribution in [0.2, 0.25) is 0 Å². The number of nitrogens with zero attached hydrogens (tertiary/aromatic N) is 3. The zero-order chi connectivity index (χ0) is 18.7. The number of hydrogen-bond donors (Lipinski definition) is 2. The highest BCUT2D eigenvalue weighted by Crippen LogP contribution is 2.29. The van der Waals surface area contributed by atoms with Gasteiger partial charge in [0.05, 0.1) is 42.4 Å². The van der Waals surface area contributed by atoms with Crippen molar-refractivity contribution in [1.29, 1.82) is 0 Å². The molecule has 1 fully saturated rings. The molecule has 1 aromatic heterocycles. The molecule has 0 atom stereocenters. The summed E-state index contributed by atoms with van der Waals surface area (Å²) in [4.78, 5) is 25.1. The number of rotatable bonds is 4. The minimum absolute atomic E-state index is 0.0635. The Morgan fingerprint density at radius 2 is 2.00 bits per heavy atom. The van der Waals surface area contributed by atoms with Crippen LogP contribution in [0, 0.1) is 0 Å². The van der Waals surface area contributed by atoms with E-state index >= 15 is 0 Å². The summed E-state index contributed by atoms with van der Waals surface area (Å²) in [5.74, 6) is -0.515. The van der Waals surface area contributed by atoms with Gasteiger partial charge in [-0.3, -0.25) is 9.59 Å². The second-order valence-electron chi connectivity index (χ2n) is 5.76. The van der Waals surface area contributed by atoms with Gasteiger partial charge in [-0.15, -0.1) is 0 Å². The van der Waals surface area contributed by atoms with Gasteiger partial charge in [-0.2, -0.15) is 18.3 Å². The predicted octanol–water partition coefficient (Wildman–Crippen LogP) is 1.26. The van der Waals surface area contributed by atoms with Gasteiger partial charge in [-0.25, -0.2) is 4.68 Å². The monoisotopic (exact) mass is 367 g/mol. The molecule has 0 spiro atoms. The molecule has 10 heteroatoms. The first-order chi connectivity index (χ1) is 12.3. The van der Waals surface area contributed by atoms with E-state index in [4.69, 9.17) is 0 Å². The summed E-state index contributed by atoms with van der Waals surface area (Å²) in [6.45, 7) is 1.23. The van der Waals surface area contributed by atoms with Crippen LogP contribution in [0.25, 0.3) is 5.69 Å². The molecule has 0 radical (unpaired) electrons. The Balaban J connectivity index is 1.62. The zero-order valence-corrected chi connectivity index (χ0v) is 13.6. The Morgan fingerprint density at radius 3 is 2.65 bits per heavy atom. The molecular formula is C16H16F3N5O2. The van der Waals surface area contributed by atoms with Gasteiger partial charge in [0.2, 0.25) is 11.8 Å². The Morgan fingerprint density at radius 1 is 1.27 bits per heavy atom. The van der Waals surface area contributed by atoms with Crippen LogP contribution < -0.4 is 10.6 Å². The Hall–Kier alpha value is -2.88. The van der Waals surface area contributed by atoms with Crippen molar-refractivity contribution in [2.24, 2.45) is 0 Å². The van der Waals surface area contributed by atoms with E-state index in [-0.39, 0.29) is 24.9 Å². The molecule has 2 amide bonds. The number of carbonyl (C=O) groups is 2. The van der Waals surface area contributed by atoms with Crippen molar-refractivity contribution in [3.05, 3.63) is 42.2 Å². The smallest absolute Gasteiger partial charge is 0.331 e. The molecule has 2 N–H and O–H groups in total. The fraction of sp³-hybridized carbons (Fsp3) is 0.312. The van der Waals surface area contributed by atoms with Crippen molar-refractivity contribution in [1.82, 2.24) is 20.0 Å². The molecular weight excluding hydrogens is 351 g/mol. The molecule has 0 bridgehead atoms. The maximum atomic E-state index is 12.6. The van der Waals surface area contributed by atoms with E-state index in [0.717, 1.165) is 12.1 Å². The van der Waals surface area contributed by atoms with Gasteiger partial charge in [0, 0.05) is 13.1 Å². The maximum Gasteiger partial charge on any atom is 0.416 e. The second kappa shape index (κ2) is 7.16. The molecule has 138 valence electrons. The average Bonchev–Trinajstić information content (AvgIpc) is 3.05. The quantitative estimate of drug-likeness (QED) is 0.853. The van der Waals surface area contributed by atoms with Crippen LogP contribution in [-0.4, -0.2) is 52.7 Å². The van der Waals surface area contributed by atoms with E-state index in [0.29, 0.717) is 24.5 Å². The summed E-state index contributed by atoms with van der Waals surface area (Å²) in [5.41, 5.74) is 0.0656. The summed E-state index contributed by atoms with van der Waals surface area (Å²) in [7, 11) is 0. The van der Waals surface area contributed by atoms with E-state index in [1.165, 1.54) is 34.1 Å². The summed E-state index contributed by atoms with van der Waals surface area (Å²) in [6, 6.07) is 4.51. The van der Waals surface area contributed by atoms with Crippen LogP contribution in [0.5, 0.6) is 0 Å². The lowest BCUT2D eigenvalue weighted by Crippen LogP contribution is -2.50. The normalized spacial score (nSPS) is 15.2. The van der Waals surface area contributed by atoms with Gasteiger partial charge in [-0.1, -0.05) is 0 Å². The van der Waals surface area contributed by atoms with Crippen LogP contribution >= 0.6 is 0 Å². The van der Waals surface area contributed by atoms with Crippen molar-refractivity contribution in [3.63, 3.8) is 0 Å². The fourth-order valence-corrected chi connectivity index (χ4v) is 2.52. The lowest BCUT2D eigenvalue weighted by atomic mass is 10.2. The lowest BCUT2D eigenvalue weighted by Gasteiger charge is -2.26. The molecule has 1 aliphatic rings. The van der Waals surface area contributed by atoms with Crippen molar-refractivity contribution >= 4 is 17.5 Å². The number of hydrogen-bond acceptors (Lipinski definition) is 4. The second-order valence-corrected chi connectivity index (χ2v) is 5.76. The van der Waals surface area contributed by atoms with Gasteiger partial charge in [0.25, 0.3) is 0 Å². The van der Waals surface area contributed by atoms with Crippen molar-refractivity contribution in [3.8, 4) is 5.69 Å². The molecule has 0 saturated carbocycles. The third-order valence-electron chi connectivity index (χ3n) is 3.85. The molecule has 1 saturated heterocycles. The highest BCUT2D eigenvalue weighted by Gasteiger charge is 2.30. The third kappa shape index (κ3) is 4.20. The van der Waals surface area contributed by atoms with Crippen LogP contribution in [0.3, 0.4) is 0 Å². The van der Waals surface area contributed by atoms with Crippen LogP contribution in [0.4, 0.5) is 18.9 Å². The molecule has 2 heterocycles. The zero-order valence-electron chi connectivity index (χ0n) is 13.6. The molecule has 0 unspecified atom stereocenters. The predicted molar refractivity (Wildman–Crippen MR) is 86.6 cm³/mol. The van der Waals surface area contributed by atoms with Gasteiger partial charge >= 0.3 is 6.18 Å². The number of aromatic nitrogens is 2. The van der Waals surface area contributed by atoms with Gasteiger partial charge < -0.3 is 15.5 Å². The number of benzene rings is 1. The standard InChI is InChI=1S/C16H16F3N5O2/c17-16(18,19)11-1-3-13(4-2-11)24-9-12(7-21-24)22-14(25)10-23-6-5-20-8-15(23)26/h1-4,7,9,20H,5-6,8,10H2,(H,22,25). The van der Waals surface area contributed by atoms with Crippen LogP contribution in [0.15, 0.2) is 36.7 Å². The van der Waals surface area contributed by atoms with E-state index in [2.05, 4.69) is 15.7 Å². The first-order valence-corrected chi connectivity index (χ1v) is 7.83. The summed E-state index contributed by atoms with van der Waals surface area (Å²) in [6.07, 6.45) is -1.53. The number of nitrogens with one attached hydrogen (secondary N) is 2. The highest BCUT2D eigenvalue weighted by molar-refractivity contribution is 5.94. The lowest BCUT2D eigenvalue weighted by molar-refractivity contribution is -0.137. The van der Waals surface area contributed by atoms with Crippen LogP contribution in [0.1, 0.15) is 5.56 Å². The Labute approximate surface area is 146 Å². The molecule has 7 nitrogen and oxygen atoms in total. The molecule has 26 heavy (non-hydrogen) atoms. The first kappa shape index (κ1) is 17.9. The van der Waals surface area contributed by atoms with E-state index in [1.807, 2.05) is 0 Å². The molecule has 1 aliphatic heterocycles. The Kier molecular flexibility index (Phi) is 4.94. The Bertz CT molecular complexity index is 801. The van der Waals surface area contributed by atoms with Crippen molar-refractivity contribution in [2.75, 3.05) is 31.5 Å².